The van der Waals surface area contributed by atoms with Gasteiger partial charge in [0.05, 0.1) is 16.9 Å². The summed E-state index contributed by atoms with van der Waals surface area (Å²) in [6.07, 6.45) is 0.914. The molecule has 10 nitrogen and oxygen atoms in total. The molecule has 0 bridgehead atoms. The van der Waals surface area contributed by atoms with Gasteiger partial charge in [-0.05, 0) is 51.0 Å². The molecule has 0 saturated carbocycles. The Morgan fingerprint density at radius 1 is 1.11 bits per heavy atom. The number of nitrogens with one attached hydrogen (secondary N) is 1. The summed E-state index contributed by atoms with van der Waals surface area (Å²) < 4.78 is 26.1. The third-order valence-electron chi connectivity index (χ3n) is 5.22. The van der Waals surface area contributed by atoms with E-state index in [-0.39, 0.29) is 24.0 Å². The van der Waals surface area contributed by atoms with Crippen LogP contribution in [0.4, 0.5) is 11.4 Å². The van der Waals surface area contributed by atoms with E-state index in [4.69, 9.17) is 11.6 Å². The number of amides is 2. The molecule has 190 valence electrons. The summed E-state index contributed by atoms with van der Waals surface area (Å²) in [6.45, 7) is 6.08. The minimum Gasteiger partial charge on any atom is -0.352 e. The van der Waals surface area contributed by atoms with E-state index in [2.05, 4.69) is 5.32 Å². The molecule has 35 heavy (non-hydrogen) atoms. The number of nitrogens with zero attached hydrogens (tertiary/aromatic N) is 3. The number of aryl methyl sites for hydroxylation is 1. The van der Waals surface area contributed by atoms with Gasteiger partial charge in [0.2, 0.25) is 21.8 Å². The fourth-order valence-electron chi connectivity index (χ4n) is 3.35. The van der Waals surface area contributed by atoms with Gasteiger partial charge in [-0.15, -0.1) is 0 Å². The van der Waals surface area contributed by atoms with Gasteiger partial charge in [0, 0.05) is 29.7 Å². The van der Waals surface area contributed by atoms with Crippen molar-refractivity contribution in [1.82, 2.24) is 10.2 Å². The van der Waals surface area contributed by atoms with Crippen LogP contribution in [0.3, 0.4) is 0 Å². The number of nitro benzene ring substituents is 1. The van der Waals surface area contributed by atoms with Crippen molar-refractivity contribution >= 4 is 44.8 Å². The van der Waals surface area contributed by atoms with Crippen LogP contribution in [0.2, 0.25) is 5.02 Å². The number of halogens is 1. The smallest absolute Gasteiger partial charge is 0.271 e. The quantitative estimate of drug-likeness (QED) is 0.375. The van der Waals surface area contributed by atoms with E-state index in [9.17, 15) is 28.1 Å². The van der Waals surface area contributed by atoms with E-state index in [1.807, 2.05) is 0 Å². The van der Waals surface area contributed by atoms with E-state index >= 15 is 0 Å². The Bertz CT molecular complexity index is 1200. The summed E-state index contributed by atoms with van der Waals surface area (Å²) >= 11 is 5.95. The lowest BCUT2D eigenvalue weighted by Crippen LogP contribution is -2.52. The number of benzene rings is 2. The SMILES string of the molecule is Cc1ccc([N+](=O)[O-])cc1N(CC(=O)N(Cc1ccc(Cl)cc1)C(C)C(=O)NC(C)C)S(C)(=O)=O. The normalized spacial score (nSPS) is 12.2. The molecule has 0 aliphatic carbocycles. The molecule has 2 aromatic carbocycles. The first-order valence-electron chi connectivity index (χ1n) is 10.8. The highest BCUT2D eigenvalue weighted by molar-refractivity contribution is 7.92. The van der Waals surface area contributed by atoms with Gasteiger partial charge in [0.15, 0.2) is 0 Å². The van der Waals surface area contributed by atoms with Crippen molar-refractivity contribution in [2.24, 2.45) is 0 Å². The number of sulfonamides is 1. The van der Waals surface area contributed by atoms with Crippen molar-refractivity contribution < 1.29 is 22.9 Å². The largest absolute Gasteiger partial charge is 0.352 e. The number of rotatable bonds is 10. The molecule has 0 radical (unpaired) electrons. The first kappa shape index (κ1) is 28.1. The molecule has 0 aliphatic rings. The molecule has 0 heterocycles. The average molecular weight is 525 g/mol. The lowest BCUT2D eigenvalue weighted by atomic mass is 10.1. The van der Waals surface area contributed by atoms with Crippen molar-refractivity contribution in [3.63, 3.8) is 0 Å². The number of anilines is 1. The zero-order valence-electron chi connectivity index (χ0n) is 20.2. The molecular weight excluding hydrogens is 496 g/mol. The van der Waals surface area contributed by atoms with Gasteiger partial charge < -0.3 is 10.2 Å². The van der Waals surface area contributed by atoms with Crippen LogP contribution in [-0.2, 0) is 26.2 Å². The molecular formula is C23H29ClN4O6S. The standard InChI is InChI=1S/C23H29ClN4O6S/c1-15(2)25-23(30)17(4)26(13-18-7-9-19(24)10-8-18)22(29)14-27(35(5,33)34)21-12-20(28(31)32)11-6-16(21)3/h6-12,15,17H,13-14H2,1-5H3,(H,25,30). The fourth-order valence-corrected chi connectivity index (χ4v) is 4.37. The van der Waals surface area contributed by atoms with Crippen molar-refractivity contribution in [3.05, 3.63) is 68.7 Å². The molecule has 2 amide bonds. The van der Waals surface area contributed by atoms with Crippen molar-refractivity contribution in [1.29, 1.82) is 0 Å². The molecule has 12 heteroatoms. The summed E-state index contributed by atoms with van der Waals surface area (Å²) in [5.41, 5.74) is 0.822. The molecule has 1 atom stereocenters. The number of hydrogen-bond acceptors (Lipinski definition) is 6. The van der Waals surface area contributed by atoms with Crippen LogP contribution in [0, 0.1) is 17.0 Å². The first-order valence-corrected chi connectivity index (χ1v) is 13.0. The molecule has 1 N–H and O–H groups in total. The molecule has 2 rings (SSSR count). The van der Waals surface area contributed by atoms with Crippen LogP contribution < -0.4 is 9.62 Å². The lowest BCUT2D eigenvalue weighted by Gasteiger charge is -2.32. The molecule has 2 aromatic rings. The van der Waals surface area contributed by atoms with Crippen LogP contribution in [0.5, 0.6) is 0 Å². The number of carbonyl (C=O) groups excluding carboxylic acids is 2. The summed E-state index contributed by atoms with van der Waals surface area (Å²) in [5.74, 6) is -1.05. The summed E-state index contributed by atoms with van der Waals surface area (Å²) in [6, 6.07) is 9.39. The second kappa shape index (κ2) is 11.5. The van der Waals surface area contributed by atoms with Crippen LogP contribution in [0.1, 0.15) is 31.9 Å². The third kappa shape index (κ3) is 7.66. The van der Waals surface area contributed by atoms with Crippen molar-refractivity contribution in [2.45, 2.75) is 46.3 Å². The summed E-state index contributed by atoms with van der Waals surface area (Å²) in [7, 11) is -4.01. The van der Waals surface area contributed by atoms with E-state index in [1.54, 1.807) is 52.0 Å². The Kier molecular flexibility index (Phi) is 9.22. The van der Waals surface area contributed by atoms with Crippen molar-refractivity contribution in [2.75, 3.05) is 17.1 Å². The van der Waals surface area contributed by atoms with Crippen LogP contribution >= 0.6 is 11.6 Å². The Morgan fingerprint density at radius 2 is 1.71 bits per heavy atom. The van der Waals surface area contributed by atoms with Gasteiger partial charge in [-0.2, -0.15) is 0 Å². The lowest BCUT2D eigenvalue weighted by molar-refractivity contribution is -0.384. The topological polar surface area (TPSA) is 130 Å². The minimum absolute atomic E-state index is 0.0146. The molecule has 0 aliphatic heterocycles. The second-order valence-electron chi connectivity index (χ2n) is 8.48. The van der Waals surface area contributed by atoms with Gasteiger partial charge >= 0.3 is 0 Å². The number of non-ortho nitro benzene ring substituents is 1. The zero-order chi connectivity index (χ0) is 26.5. The monoisotopic (exact) mass is 524 g/mol. The number of nitro groups is 1. The molecule has 0 aromatic heterocycles. The maximum absolute atomic E-state index is 13.5. The number of carbonyl (C=O) groups is 2. The van der Waals surface area contributed by atoms with Crippen LogP contribution in [0.15, 0.2) is 42.5 Å². The highest BCUT2D eigenvalue weighted by Gasteiger charge is 2.31. The molecule has 0 saturated heterocycles. The molecule has 1 unspecified atom stereocenters. The Morgan fingerprint density at radius 3 is 2.23 bits per heavy atom. The second-order valence-corrected chi connectivity index (χ2v) is 10.8. The van der Waals surface area contributed by atoms with Gasteiger partial charge in [0.25, 0.3) is 5.69 Å². The van der Waals surface area contributed by atoms with Crippen LogP contribution in [0.25, 0.3) is 0 Å². The number of hydrogen-bond donors (Lipinski definition) is 1. The summed E-state index contributed by atoms with van der Waals surface area (Å²) in [5, 5.41) is 14.5. The minimum atomic E-state index is -4.01. The predicted molar refractivity (Wildman–Crippen MR) is 135 cm³/mol. The Labute approximate surface area is 210 Å². The summed E-state index contributed by atoms with van der Waals surface area (Å²) in [4.78, 5) is 38.1. The molecule has 0 fully saturated rings. The maximum atomic E-state index is 13.5. The van der Waals surface area contributed by atoms with Gasteiger partial charge in [-0.3, -0.25) is 24.0 Å². The van der Waals surface area contributed by atoms with Crippen LogP contribution in [-0.4, -0.2) is 54.9 Å². The van der Waals surface area contributed by atoms with E-state index in [0.29, 0.717) is 16.1 Å². The Hall–Kier alpha value is -3.18. The zero-order valence-corrected chi connectivity index (χ0v) is 21.8. The first-order chi connectivity index (χ1) is 16.2. The van der Waals surface area contributed by atoms with Crippen molar-refractivity contribution in [3.8, 4) is 0 Å². The van der Waals surface area contributed by atoms with Gasteiger partial charge in [-0.25, -0.2) is 8.42 Å². The van der Waals surface area contributed by atoms with E-state index < -0.39 is 39.3 Å². The van der Waals surface area contributed by atoms with Gasteiger partial charge in [-0.1, -0.05) is 29.8 Å². The van der Waals surface area contributed by atoms with Gasteiger partial charge in [0.1, 0.15) is 12.6 Å². The highest BCUT2D eigenvalue weighted by Crippen LogP contribution is 2.28. The Balaban J connectivity index is 2.47. The predicted octanol–water partition coefficient (Wildman–Crippen LogP) is 3.26. The maximum Gasteiger partial charge on any atom is 0.271 e. The van der Waals surface area contributed by atoms with E-state index in [1.165, 1.54) is 17.0 Å². The average Bonchev–Trinajstić information content (AvgIpc) is 2.75. The van der Waals surface area contributed by atoms with E-state index in [0.717, 1.165) is 16.6 Å². The fraction of sp³-hybridized carbons (Fsp3) is 0.391. The highest BCUT2D eigenvalue weighted by atomic mass is 35.5. The third-order valence-corrected chi connectivity index (χ3v) is 6.59. The molecule has 0 spiro atoms.